The smallest absolute Gasteiger partial charge is 0.225 e. The molecule has 3 heterocycles. The van der Waals surface area contributed by atoms with Gasteiger partial charge < -0.3 is 15.5 Å². The molecular weight excluding hydrogens is 482 g/mol. The van der Waals surface area contributed by atoms with Crippen LogP contribution in [0.15, 0.2) is 97.5 Å². The molecule has 1 atom stereocenters. The summed E-state index contributed by atoms with van der Waals surface area (Å²) in [6.07, 6.45) is 5.90. The van der Waals surface area contributed by atoms with E-state index < -0.39 is 0 Å². The van der Waals surface area contributed by atoms with Crippen molar-refractivity contribution in [3.63, 3.8) is 0 Å². The van der Waals surface area contributed by atoms with Crippen molar-refractivity contribution in [3.8, 4) is 5.82 Å². The summed E-state index contributed by atoms with van der Waals surface area (Å²) in [6, 6.07) is 29.9. The Labute approximate surface area is 230 Å². The highest BCUT2D eigenvalue weighted by Gasteiger charge is 2.35. The lowest BCUT2D eigenvalue weighted by Gasteiger charge is -2.41. The maximum Gasteiger partial charge on any atom is 0.225 e. The van der Waals surface area contributed by atoms with Crippen molar-refractivity contribution in [1.29, 1.82) is 0 Å². The van der Waals surface area contributed by atoms with Crippen molar-refractivity contribution in [2.75, 3.05) is 36.9 Å². The van der Waals surface area contributed by atoms with Gasteiger partial charge in [-0.3, -0.25) is 4.57 Å². The first-order valence-corrected chi connectivity index (χ1v) is 13.7. The fourth-order valence-electron chi connectivity index (χ4n) is 5.77. The lowest BCUT2D eigenvalue weighted by atomic mass is 9.72. The molecule has 39 heavy (non-hydrogen) atoms. The predicted octanol–water partition coefficient (Wildman–Crippen LogP) is 5.75. The molecule has 0 amide bonds. The van der Waals surface area contributed by atoms with E-state index in [-0.39, 0.29) is 11.5 Å². The molecule has 0 aliphatic carbocycles. The summed E-state index contributed by atoms with van der Waals surface area (Å²) in [6.45, 7) is 5.17. The van der Waals surface area contributed by atoms with Gasteiger partial charge in [-0.15, -0.1) is 0 Å². The fourth-order valence-corrected chi connectivity index (χ4v) is 5.77. The third-order valence-electron chi connectivity index (χ3n) is 7.99. The first kappa shape index (κ1) is 25.1. The molecule has 0 saturated carbocycles. The van der Waals surface area contributed by atoms with Gasteiger partial charge in [-0.25, -0.2) is 9.97 Å². The van der Waals surface area contributed by atoms with E-state index in [4.69, 9.17) is 9.97 Å². The van der Waals surface area contributed by atoms with E-state index >= 15 is 0 Å². The van der Waals surface area contributed by atoms with E-state index in [1.165, 1.54) is 16.8 Å². The highest BCUT2D eigenvalue weighted by molar-refractivity contribution is 5.81. The SMILES string of the molecule is C[C@H](Nc1nccc(-n2cnc3cc(N(C)CC4(c5ccccc5)CCNCC4)ccc32)n1)c1ccccc1. The molecule has 1 saturated heterocycles. The topological polar surface area (TPSA) is 70.9 Å². The van der Waals surface area contributed by atoms with Gasteiger partial charge in [0.2, 0.25) is 5.95 Å². The third kappa shape index (κ3) is 5.22. The molecule has 7 heteroatoms. The molecule has 5 aromatic rings. The number of likely N-dealkylation sites (N-methyl/N-ethyl adjacent to an activating group) is 1. The maximum atomic E-state index is 4.79. The van der Waals surface area contributed by atoms with Crippen molar-refractivity contribution in [2.45, 2.75) is 31.2 Å². The Kier molecular flexibility index (Phi) is 6.99. The Balaban J connectivity index is 1.23. The van der Waals surface area contributed by atoms with Gasteiger partial charge in [-0.1, -0.05) is 60.7 Å². The molecule has 1 aliphatic rings. The number of imidazole rings is 1. The molecule has 2 aromatic heterocycles. The van der Waals surface area contributed by atoms with Crippen LogP contribution < -0.4 is 15.5 Å². The van der Waals surface area contributed by atoms with Crippen molar-refractivity contribution in [3.05, 3.63) is 109 Å². The summed E-state index contributed by atoms with van der Waals surface area (Å²) in [5, 5.41) is 6.96. The van der Waals surface area contributed by atoms with Crippen LogP contribution in [0.3, 0.4) is 0 Å². The van der Waals surface area contributed by atoms with Crippen LogP contribution in [0.1, 0.15) is 36.9 Å². The predicted molar refractivity (Wildman–Crippen MR) is 159 cm³/mol. The number of rotatable bonds is 8. The van der Waals surface area contributed by atoms with Gasteiger partial charge in [-0.05, 0) is 68.2 Å². The van der Waals surface area contributed by atoms with Gasteiger partial charge in [0.1, 0.15) is 12.1 Å². The minimum atomic E-state index is 0.0956. The zero-order valence-electron chi connectivity index (χ0n) is 22.6. The van der Waals surface area contributed by atoms with Crippen LogP contribution in [-0.4, -0.2) is 46.2 Å². The van der Waals surface area contributed by atoms with Crippen molar-refractivity contribution >= 4 is 22.7 Å². The number of hydrogen-bond acceptors (Lipinski definition) is 6. The molecule has 0 unspecified atom stereocenters. The van der Waals surface area contributed by atoms with Gasteiger partial charge in [0.25, 0.3) is 0 Å². The minimum Gasteiger partial charge on any atom is -0.374 e. The summed E-state index contributed by atoms with van der Waals surface area (Å²) in [4.78, 5) is 16.4. The van der Waals surface area contributed by atoms with Crippen molar-refractivity contribution in [1.82, 2.24) is 24.8 Å². The molecule has 1 fully saturated rings. The molecule has 1 aliphatic heterocycles. The van der Waals surface area contributed by atoms with Crippen LogP contribution in [0.4, 0.5) is 11.6 Å². The number of nitrogens with one attached hydrogen (secondary N) is 2. The van der Waals surface area contributed by atoms with Crippen molar-refractivity contribution in [2.24, 2.45) is 0 Å². The zero-order chi connectivity index (χ0) is 26.7. The molecule has 198 valence electrons. The molecule has 6 rings (SSSR count). The van der Waals surface area contributed by atoms with Gasteiger partial charge in [0, 0.05) is 30.9 Å². The lowest BCUT2D eigenvalue weighted by molar-refractivity contribution is 0.312. The van der Waals surface area contributed by atoms with E-state index in [1.54, 1.807) is 6.20 Å². The molecule has 0 bridgehead atoms. The highest BCUT2D eigenvalue weighted by Crippen LogP contribution is 2.36. The summed E-state index contributed by atoms with van der Waals surface area (Å²) in [5.41, 5.74) is 5.89. The number of aromatic nitrogens is 4. The number of nitrogens with zero attached hydrogens (tertiary/aromatic N) is 5. The van der Waals surface area contributed by atoms with Gasteiger partial charge in [0.15, 0.2) is 0 Å². The monoisotopic (exact) mass is 517 g/mol. The van der Waals surface area contributed by atoms with Crippen LogP contribution in [-0.2, 0) is 5.41 Å². The van der Waals surface area contributed by atoms with Crippen LogP contribution in [0.5, 0.6) is 0 Å². The van der Waals surface area contributed by atoms with E-state index in [9.17, 15) is 0 Å². The van der Waals surface area contributed by atoms with Crippen LogP contribution in [0.25, 0.3) is 16.9 Å². The Morgan fingerprint density at radius 2 is 1.69 bits per heavy atom. The highest BCUT2D eigenvalue weighted by atomic mass is 15.2. The Bertz CT molecular complexity index is 1520. The fraction of sp³-hybridized carbons (Fsp3) is 0.281. The number of anilines is 2. The van der Waals surface area contributed by atoms with E-state index in [0.717, 1.165) is 49.3 Å². The maximum absolute atomic E-state index is 4.79. The quantitative estimate of drug-likeness (QED) is 0.273. The summed E-state index contributed by atoms with van der Waals surface area (Å²) < 4.78 is 2.03. The standard InChI is InChI=1S/C32H35N7/c1-24(25-9-5-3-6-10-25)36-31-34-18-15-30(37-31)39-23-35-28-21-27(13-14-29(28)39)38(2)22-32(16-19-33-20-17-32)26-11-7-4-8-12-26/h3-15,18,21,23-24,33H,16-17,19-20,22H2,1-2H3,(H,34,36,37)/t24-/m0/s1. The van der Waals surface area contributed by atoms with Gasteiger partial charge >= 0.3 is 0 Å². The first-order valence-electron chi connectivity index (χ1n) is 13.7. The average Bonchev–Trinajstić information content (AvgIpc) is 3.42. The minimum absolute atomic E-state index is 0.0956. The van der Waals surface area contributed by atoms with Crippen LogP contribution in [0, 0.1) is 0 Å². The first-order chi connectivity index (χ1) is 19.1. The van der Waals surface area contributed by atoms with Gasteiger partial charge in [0.05, 0.1) is 17.1 Å². The third-order valence-corrected chi connectivity index (χ3v) is 7.99. The van der Waals surface area contributed by atoms with E-state index in [1.807, 2.05) is 35.2 Å². The zero-order valence-corrected chi connectivity index (χ0v) is 22.6. The van der Waals surface area contributed by atoms with E-state index in [0.29, 0.717) is 5.95 Å². The molecular formula is C32H35N7. The number of piperidine rings is 1. The second-order valence-corrected chi connectivity index (χ2v) is 10.6. The number of fused-ring (bicyclic) bond motifs is 1. The van der Waals surface area contributed by atoms with Crippen LogP contribution in [0.2, 0.25) is 0 Å². The number of hydrogen-bond donors (Lipinski definition) is 2. The average molecular weight is 518 g/mol. The Hall–Kier alpha value is -4.23. The summed E-state index contributed by atoms with van der Waals surface area (Å²) >= 11 is 0. The molecule has 2 N–H and O–H groups in total. The van der Waals surface area contributed by atoms with Crippen molar-refractivity contribution < 1.29 is 0 Å². The molecule has 0 spiro atoms. The number of benzene rings is 3. The molecule has 7 nitrogen and oxygen atoms in total. The van der Waals surface area contributed by atoms with Crippen LogP contribution >= 0.6 is 0 Å². The van der Waals surface area contributed by atoms with E-state index in [2.05, 4.69) is 95.2 Å². The Morgan fingerprint density at radius 1 is 0.949 bits per heavy atom. The van der Waals surface area contributed by atoms with Gasteiger partial charge in [-0.2, -0.15) is 4.98 Å². The summed E-state index contributed by atoms with van der Waals surface area (Å²) in [7, 11) is 2.20. The lowest BCUT2D eigenvalue weighted by Crippen LogP contribution is -2.47. The molecule has 0 radical (unpaired) electrons. The second-order valence-electron chi connectivity index (χ2n) is 10.6. The Morgan fingerprint density at radius 3 is 2.46 bits per heavy atom. The second kappa shape index (κ2) is 10.9. The molecule has 3 aromatic carbocycles. The normalized spacial score (nSPS) is 15.6. The summed E-state index contributed by atoms with van der Waals surface area (Å²) in [5.74, 6) is 1.38. The largest absolute Gasteiger partial charge is 0.374 e.